The molecular formula is C11H14ClN3O. The van der Waals surface area contributed by atoms with Crippen molar-refractivity contribution in [1.29, 1.82) is 0 Å². The van der Waals surface area contributed by atoms with Crippen molar-refractivity contribution in [2.75, 3.05) is 6.54 Å². The van der Waals surface area contributed by atoms with Crippen LogP contribution in [0.25, 0.3) is 0 Å². The zero-order valence-electron chi connectivity index (χ0n) is 9.19. The minimum absolute atomic E-state index is 0.0393. The fraction of sp³-hybridized carbons (Fsp3) is 0.545. The molecule has 0 bridgehead atoms. The van der Waals surface area contributed by atoms with Crippen molar-refractivity contribution < 1.29 is 4.79 Å². The molecule has 2 rings (SSSR count). The predicted octanol–water partition coefficient (Wildman–Crippen LogP) is 2.20. The number of piperidine rings is 1. The largest absolute Gasteiger partial charge is 0.334 e. The summed E-state index contributed by atoms with van der Waals surface area (Å²) >= 11 is 5.81. The van der Waals surface area contributed by atoms with Gasteiger partial charge in [-0.15, -0.1) is 0 Å². The van der Waals surface area contributed by atoms with Crippen LogP contribution < -0.4 is 0 Å². The number of halogens is 1. The van der Waals surface area contributed by atoms with Crippen LogP contribution in [0.1, 0.15) is 37.9 Å². The normalized spacial score (nSPS) is 20.9. The molecule has 2 heterocycles. The molecule has 0 spiro atoms. The van der Waals surface area contributed by atoms with E-state index >= 15 is 0 Å². The highest BCUT2D eigenvalue weighted by atomic mass is 35.5. The summed E-state index contributed by atoms with van der Waals surface area (Å²) in [7, 11) is 0. The summed E-state index contributed by atoms with van der Waals surface area (Å²) < 4.78 is 0. The number of hydrogen-bond acceptors (Lipinski definition) is 3. The third kappa shape index (κ3) is 2.32. The minimum atomic E-state index is 0.0393. The summed E-state index contributed by atoms with van der Waals surface area (Å²) in [5.74, 6) is 0.0893. The molecule has 0 radical (unpaired) electrons. The zero-order valence-corrected chi connectivity index (χ0v) is 9.94. The molecule has 0 unspecified atom stereocenters. The van der Waals surface area contributed by atoms with E-state index in [2.05, 4.69) is 9.97 Å². The number of likely N-dealkylation sites (tertiary alicyclic amines) is 1. The molecule has 0 N–H and O–H groups in total. The fourth-order valence-corrected chi connectivity index (χ4v) is 2.29. The number of nitrogens with zero attached hydrogens (tertiary/aromatic N) is 3. The lowest BCUT2D eigenvalue weighted by Gasteiger charge is -2.34. The van der Waals surface area contributed by atoms with Crippen LogP contribution in [-0.4, -0.2) is 27.3 Å². The maximum atomic E-state index is 11.5. The van der Waals surface area contributed by atoms with Gasteiger partial charge < -0.3 is 4.90 Å². The third-order valence-electron chi connectivity index (χ3n) is 2.87. The first-order valence-electron chi connectivity index (χ1n) is 5.43. The van der Waals surface area contributed by atoms with Gasteiger partial charge in [0, 0.05) is 13.5 Å². The van der Waals surface area contributed by atoms with E-state index in [9.17, 15) is 4.79 Å². The van der Waals surface area contributed by atoms with Gasteiger partial charge in [0.1, 0.15) is 5.15 Å². The van der Waals surface area contributed by atoms with Gasteiger partial charge >= 0.3 is 0 Å². The molecule has 1 aliphatic heterocycles. The lowest BCUT2D eigenvalue weighted by Crippen LogP contribution is -2.37. The molecule has 0 saturated carbocycles. The van der Waals surface area contributed by atoms with Crippen LogP contribution in [0.2, 0.25) is 5.15 Å². The van der Waals surface area contributed by atoms with E-state index in [0.29, 0.717) is 5.15 Å². The average molecular weight is 240 g/mol. The monoisotopic (exact) mass is 239 g/mol. The number of hydrogen-bond donors (Lipinski definition) is 0. The smallest absolute Gasteiger partial charge is 0.220 e. The highest BCUT2D eigenvalue weighted by Crippen LogP contribution is 2.29. The molecular weight excluding hydrogens is 226 g/mol. The second-order valence-electron chi connectivity index (χ2n) is 3.99. The summed E-state index contributed by atoms with van der Waals surface area (Å²) in [6, 6.07) is 0.0393. The first kappa shape index (κ1) is 11.3. The van der Waals surface area contributed by atoms with Crippen LogP contribution in [0.5, 0.6) is 0 Å². The van der Waals surface area contributed by atoms with E-state index in [1.165, 1.54) is 6.20 Å². The van der Waals surface area contributed by atoms with Crippen molar-refractivity contribution >= 4 is 17.5 Å². The van der Waals surface area contributed by atoms with Crippen LogP contribution >= 0.6 is 11.6 Å². The van der Waals surface area contributed by atoms with Crippen LogP contribution in [0.4, 0.5) is 0 Å². The number of amides is 1. The van der Waals surface area contributed by atoms with Gasteiger partial charge in [-0.25, -0.2) is 4.98 Å². The van der Waals surface area contributed by atoms with E-state index < -0.39 is 0 Å². The Morgan fingerprint density at radius 1 is 1.50 bits per heavy atom. The summed E-state index contributed by atoms with van der Waals surface area (Å²) in [5.41, 5.74) is 0.794. The quantitative estimate of drug-likeness (QED) is 0.755. The Hall–Kier alpha value is -1.16. The Labute approximate surface area is 99.6 Å². The Bertz CT molecular complexity index is 397. The zero-order chi connectivity index (χ0) is 11.5. The average Bonchev–Trinajstić information content (AvgIpc) is 2.29. The fourth-order valence-electron chi connectivity index (χ4n) is 2.13. The van der Waals surface area contributed by atoms with Gasteiger partial charge in [-0.1, -0.05) is 11.6 Å². The van der Waals surface area contributed by atoms with Crippen molar-refractivity contribution in [3.05, 3.63) is 23.2 Å². The first-order valence-corrected chi connectivity index (χ1v) is 5.81. The first-order chi connectivity index (χ1) is 7.68. The van der Waals surface area contributed by atoms with Gasteiger partial charge in [0.2, 0.25) is 5.91 Å². The topological polar surface area (TPSA) is 46.1 Å². The summed E-state index contributed by atoms with van der Waals surface area (Å²) in [5, 5.41) is 0.381. The number of aromatic nitrogens is 2. The Morgan fingerprint density at radius 2 is 2.31 bits per heavy atom. The molecule has 0 aromatic carbocycles. The molecule has 1 fully saturated rings. The molecule has 1 atom stereocenters. The highest BCUT2D eigenvalue weighted by Gasteiger charge is 2.27. The Morgan fingerprint density at radius 3 is 3.00 bits per heavy atom. The van der Waals surface area contributed by atoms with Crippen molar-refractivity contribution in [3.8, 4) is 0 Å². The lowest BCUT2D eigenvalue weighted by atomic mass is 9.99. The van der Waals surface area contributed by atoms with E-state index in [4.69, 9.17) is 11.6 Å². The van der Waals surface area contributed by atoms with Gasteiger partial charge in [-0.05, 0) is 19.3 Å². The summed E-state index contributed by atoms with van der Waals surface area (Å²) in [4.78, 5) is 21.6. The summed E-state index contributed by atoms with van der Waals surface area (Å²) in [6.07, 6.45) is 6.31. The molecule has 1 aromatic rings. The van der Waals surface area contributed by atoms with E-state index in [-0.39, 0.29) is 11.9 Å². The minimum Gasteiger partial charge on any atom is -0.334 e. The van der Waals surface area contributed by atoms with Gasteiger partial charge in [0.05, 0.1) is 24.1 Å². The highest BCUT2D eigenvalue weighted by molar-refractivity contribution is 6.29. The SMILES string of the molecule is CC(=O)N1CCCC[C@@H]1c1cncc(Cl)n1. The summed E-state index contributed by atoms with van der Waals surface area (Å²) in [6.45, 7) is 2.39. The van der Waals surface area contributed by atoms with Crippen molar-refractivity contribution in [1.82, 2.24) is 14.9 Å². The molecule has 16 heavy (non-hydrogen) atoms. The van der Waals surface area contributed by atoms with Gasteiger partial charge in [0.25, 0.3) is 0 Å². The maximum absolute atomic E-state index is 11.5. The standard InChI is InChI=1S/C11H14ClN3O/c1-8(16)15-5-3-2-4-10(15)9-6-13-7-11(12)14-9/h6-7,10H,2-5H2,1H3/t10-/m1/s1. The predicted molar refractivity (Wildman–Crippen MR) is 61.0 cm³/mol. The number of carbonyl (C=O) groups is 1. The molecule has 1 aliphatic rings. The van der Waals surface area contributed by atoms with Gasteiger partial charge in [0.15, 0.2) is 0 Å². The molecule has 0 aliphatic carbocycles. The van der Waals surface area contributed by atoms with E-state index in [1.54, 1.807) is 13.1 Å². The van der Waals surface area contributed by atoms with Crippen molar-refractivity contribution in [3.63, 3.8) is 0 Å². The molecule has 1 saturated heterocycles. The van der Waals surface area contributed by atoms with Gasteiger partial charge in [-0.2, -0.15) is 0 Å². The molecule has 86 valence electrons. The van der Waals surface area contributed by atoms with Crippen LogP contribution in [0, 0.1) is 0 Å². The lowest BCUT2D eigenvalue weighted by molar-refractivity contribution is -0.132. The number of carbonyl (C=O) groups excluding carboxylic acids is 1. The Balaban J connectivity index is 2.26. The second kappa shape index (κ2) is 4.78. The molecule has 1 amide bonds. The molecule has 1 aromatic heterocycles. The third-order valence-corrected chi connectivity index (χ3v) is 3.05. The number of rotatable bonds is 1. The maximum Gasteiger partial charge on any atom is 0.220 e. The Kier molecular flexibility index (Phi) is 3.39. The molecule has 5 heteroatoms. The van der Waals surface area contributed by atoms with Crippen molar-refractivity contribution in [2.24, 2.45) is 0 Å². The van der Waals surface area contributed by atoms with E-state index in [0.717, 1.165) is 31.5 Å². The van der Waals surface area contributed by atoms with Gasteiger partial charge in [-0.3, -0.25) is 9.78 Å². The second-order valence-corrected chi connectivity index (χ2v) is 4.38. The van der Waals surface area contributed by atoms with Crippen LogP contribution in [-0.2, 0) is 4.79 Å². The van der Waals surface area contributed by atoms with E-state index in [1.807, 2.05) is 4.90 Å². The van der Waals surface area contributed by atoms with Crippen LogP contribution in [0.3, 0.4) is 0 Å². The van der Waals surface area contributed by atoms with Crippen LogP contribution in [0.15, 0.2) is 12.4 Å². The van der Waals surface area contributed by atoms with Crippen molar-refractivity contribution in [2.45, 2.75) is 32.2 Å². The molecule has 4 nitrogen and oxygen atoms in total.